The molecule has 0 radical (unpaired) electrons. The van der Waals surface area contributed by atoms with Gasteiger partial charge in [0.05, 0.1) is 22.7 Å². The maximum absolute atomic E-state index is 12.8. The van der Waals surface area contributed by atoms with E-state index in [0.29, 0.717) is 29.0 Å². The molecule has 0 spiro atoms. The van der Waals surface area contributed by atoms with Crippen molar-refractivity contribution in [3.63, 3.8) is 0 Å². The fraction of sp³-hybridized carbons (Fsp3) is 0.233. The Balaban J connectivity index is 1.23. The van der Waals surface area contributed by atoms with Gasteiger partial charge in [0.2, 0.25) is 5.91 Å². The van der Waals surface area contributed by atoms with Gasteiger partial charge in [0.1, 0.15) is 6.33 Å². The molecule has 12 heteroatoms. The first-order valence-electron chi connectivity index (χ1n) is 13.1. The molecular weight excluding hydrogens is 581 g/mol. The van der Waals surface area contributed by atoms with Crippen LogP contribution in [0.4, 0.5) is 18.9 Å². The number of hydrogen-bond acceptors (Lipinski definition) is 5. The summed E-state index contributed by atoms with van der Waals surface area (Å²) in [5.74, 6) is 0.951. The summed E-state index contributed by atoms with van der Waals surface area (Å²) in [4.78, 5) is 23.3. The highest BCUT2D eigenvalue weighted by Crippen LogP contribution is 2.34. The summed E-state index contributed by atoms with van der Waals surface area (Å²) in [6, 6.07) is 18.3. The second-order valence-electron chi connectivity index (χ2n) is 10.0. The number of hydrogen-bond donors (Lipinski definition) is 1. The lowest BCUT2D eigenvalue weighted by Crippen LogP contribution is -2.32. The molecule has 0 atom stereocenters. The minimum absolute atomic E-state index is 0.0303. The lowest BCUT2D eigenvalue weighted by molar-refractivity contribution is -0.137. The van der Waals surface area contributed by atoms with Crippen molar-refractivity contribution >= 4 is 45.9 Å². The van der Waals surface area contributed by atoms with Crippen LogP contribution in [0.3, 0.4) is 0 Å². The Bertz CT molecular complexity index is 1650. The fourth-order valence-corrected chi connectivity index (χ4v) is 5.50. The van der Waals surface area contributed by atoms with E-state index in [0.717, 1.165) is 40.1 Å². The van der Waals surface area contributed by atoms with Crippen LogP contribution in [0.5, 0.6) is 0 Å². The summed E-state index contributed by atoms with van der Waals surface area (Å²) in [5, 5.41) is 8.36. The van der Waals surface area contributed by atoms with Gasteiger partial charge in [0, 0.05) is 12.1 Å². The number of halogens is 3. The Morgan fingerprint density at radius 3 is 2.48 bits per heavy atom. The van der Waals surface area contributed by atoms with Crippen molar-refractivity contribution in [3.05, 3.63) is 95.3 Å². The number of aromatic nitrogens is 3. The van der Waals surface area contributed by atoms with Crippen LogP contribution in [0.1, 0.15) is 42.0 Å². The van der Waals surface area contributed by atoms with E-state index in [-0.39, 0.29) is 16.9 Å². The molecule has 1 fully saturated rings. The SMILES string of the molecule is Cc1ccc(N2C(=O)CS/C2=N\C(=S)NCc2ccc(-c3ncn(-c4ccc(C(F)(F)F)cc4)n3)cc2)c(C(C)C)c1. The van der Waals surface area contributed by atoms with E-state index < -0.39 is 11.7 Å². The van der Waals surface area contributed by atoms with Gasteiger partial charge in [0.15, 0.2) is 16.1 Å². The van der Waals surface area contributed by atoms with E-state index in [2.05, 4.69) is 40.3 Å². The number of nitrogens with zero attached hydrogens (tertiary/aromatic N) is 5. The number of thioether (sulfide) groups is 1. The maximum atomic E-state index is 12.8. The molecule has 1 amide bonds. The highest BCUT2D eigenvalue weighted by atomic mass is 32.2. The number of amidine groups is 1. The molecule has 0 aliphatic carbocycles. The fourth-order valence-electron chi connectivity index (χ4n) is 4.42. The van der Waals surface area contributed by atoms with Gasteiger partial charge in [-0.3, -0.25) is 9.69 Å². The van der Waals surface area contributed by atoms with Crippen LogP contribution < -0.4 is 10.2 Å². The number of aryl methyl sites for hydroxylation is 1. The molecule has 1 saturated heterocycles. The van der Waals surface area contributed by atoms with Crippen LogP contribution in [-0.2, 0) is 17.5 Å². The smallest absolute Gasteiger partial charge is 0.357 e. The standard InChI is InChI=1S/C30H27F3N6OS2/c1-18(2)24-14-19(3)4-13-25(24)39-26(40)16-42-29(39)36-28(41)34-15-20-5-7-21(8-6-20)27-35-17-38(37-27)23-11-9-22(10-12-23)30(31,32)33/h4-14,17-18H,15-16H2,1-3H3,(H,34,41)/b36-29-. The van der Waals surface area contributed by atoms with Gasteiger partial charge in [-0.25, -0.2) is 9.67 Å². The lowest BCUT2D eigenvalue weighted by Gasteiger charge is -2.22. The largest absolute Gasteiger partial charge is 0.416 e. The molecule has 0 unspecified atom stereocenters. The van der Waals surface area contributed by atoms with Gasteiger partial charge >= 0.3 is 6.18 Å². The average molecular weight is 609 g/mol. The van der Waals surface area contributed by atoms with E-state index in [1.54, 1.807) is 4.90 Å². The molecule has 216 valence electrons. The average Bonchev–Trinajstić information content (AvgIpc) is 3.59. The Morgan fingerprint density at radius 2 is 1.81 bits per heavy atom. The second-order valence-corrected chi connectivity index (χ2v) is 11.4. The summed E-state index contributed by atoms with van der Waals surface area (Å²) in [7, 11) is 0. The summed E-state index contributed by atoms with van der Waals surface area (Å²) in [5.41, 5.74) is 4.49. The Labute approximate surface area is 250 Å². The van der Waals surface area contributed by atoms with Crippen LogP contribution in [0.2, 0.25) is 0 Å². The number of rotatable bonds is 6. The minimum atomic E-state index is -4.40. The number of amides is 1. The number of carbonyl (C=O) groups is 1. The zero-order valence-corrected chi connectivity index (χ0v) is 24.6. The molecule has 7 nitrogen and oxygen atoms in total. The third-order valence-electron chi connectivity index (χ3n) is 6.62. The Morgan fingerprint density at radius 1 is 1.10 bits per heavy atom. The van der Waals surface area contributed by atoms with Gasteiger partial charge in [-0.15, -0.1) is 5.10 Å². The molecule has 0 saturated carbocycles. The predicted octanol–water partition coefficient (Wildman–Crippen LogP) is 6.90. The van der Waals surface area contributed by atoms with Crippen molar-refractivity contribution in [2.45, 2.75) is 39.4 Å². The molecule has 0 bridgehead atoms. The zero-order chi connectivity index (χ0) is 30.0. The number of alkyl halides is 3. The molecule has 4 aromatic rings. The van der Waals surface area contributed by atoms with Crippen LogP contribution in [0.25, 0.3) is 17.1 Å². The Hall–Kier alpha value is -4.03. The summed E-state index contributed by atoms with van der Waals surface area (Å²) in [6.45, 7) is 6.65. The first-order valence-corrected chi connectivity index (χ1v) is 14.5. The van der Waals surface area contributed by atoms with Crippen molar-refractivity contribution < 1.29 is 18.0 Å². The highest BCUT2D eigenvalue weighted by molar-refractivity contribution is 8.15. The maximum Gasteiger partial charge on any atom is 0.416 e. The number of aliphatic imine (C=N–C) groups is 1. The third kappa shape index (κ3) is 6.55. The number of nitrogens with one attached hydrogen (secondary N) is 1. The second kappa shape index (κ2) is 12.1. The van der Waals surface area contributed by atoms with E-state index in [1.807, 2.05) is 43.3 Å². The number of benzene rings is 3. The van der Waals surface area contributed by atoms with Gasteiger partial charge in [0.25, 0.3) is 0 Å². The molecule has 5 rings (SSSR count). The first kappa shape index (κ1) is 29.5. The topological polar surface area (TPSA) is 75.4 Å². The molecule has 3 aromatic carbocycles. The van der Waals surface area contributed by atoms with E-state index in [9.17, 15) is 18.0 Å². The molecular formula is C30H27F3N6OS2. The van der Waals surface area contributed by atoms with Crippen molar-refractivity contribution in [2.24, 2.45) is 4.99 Å². The predicted molar refractivity (Wildman–Crippen MR) is 164 cm³/mol. The lowest BCUT2D eigenvalue weighted by atomic mass is 9.98. The van der Waals surface area contributed by atoms with Crippen LogP contribution in [0.15, 0.2) is 78.0 Å². The monoisotopic (exact) mass is 608 g/mol. The molecule has 1 aromatic heterocycles. The third-order valence-corrected chi connectivity index (χ3v) is 7.77. The molecule has 42 heavy (non-hydrogen) atoms. The highest BCUT2D eigenvalue weighted by Gasteiger charge is 2.32. The normalized spacial score (nSPS) is 14.7. The van der Waals surface area contributed by atoms with Crippen molar-refractivity contribution in [1.82, 2.24) is 20.1 Å². The van der Waals surface area contributed by atoms with E-state index in [1.165, 1.54) is 34.9 Å². The van der Waals surface area contributed by atoms with Crippen LogP contribution >= 0.6 is 24.0 Å². The minimum Gasteiger partial charge on any atom is -0.357 e. The molecule has 2 heterocycles. The number of carbonyl (C=O) groups excluding carboxylic acids is 1. The first-order chi connectivity index (χ1) is 20.0. The van der Waals surface area contributed by atoms with Crippen molar-refractivity contribution in [1.29, 1.82) is 0 Å². The zero-order valence-electron chi connectivity index (χ0n) is 23.0. The van der Waals surface area contributed by atoms with E-state index in [4.69, 9.17) is 12.2 Å². The quantitative estimate of drug-likeness (QED) is 0.240. The molecule has 1 N–H and O–H groups in total. The Kier molecular flexibility index (Phi) is 8.46. The summed E-state index contributed by atoms with van der Waals surface area (Å²) < 4.78 is 40.0. The van der Waals surface area contributed by atoms with Crippen molar-refractivity contribution in [3.8, 4) is 17.1 Å². The van der Waals surface area contributed by atoms with Gasteiger partial charge in [-0.2, -0.15) is 18.2 Å². The van der Waals surface area contributed by atoms with Crippen molar-refractivity contribution in [2.75, 3.05) is 10.7 Å². The van der Waals surface area contributed by atoms with E-state index >= 15 is 0 Å². The van der Waals surface area contributed by atoms with Gasteiger partial charge in [-0.05, 0) is 66.5 Å². The summed E-state index contributed by atoms with van der Waals surface area (Å²) in [6.07, 6.45) is -2.94. The summed E-state index contributed by atoms with van der Waals surface area (Å²) >= 11 is 6.84. The molecule has 1 aliphatic rings. The number of thiocarbonyl (C=S) groups is 1. The van der Waals surface area contributed by atoms with Gasteiger partial charge in [-0.1, -0.05) is 67.6 Å². The van der Waals surface area contributed by atoms with Crippen LogP contribution in [-0.4, -0.2) is 36.7 Å². The van der Waals surface area contributed by atoms with Gasteiger partial charge < -0.3 is 5.32 Å². The number of anilines is 1. The van der Waals surface area contributed by atoms with Crippen LogP contribution in [0, 0.1) is 6.92 Å². The molecule has 1 aliphatic heterocycles.